The van der Waals surface area contributed by atoms with E-state index in [1.54, 1.807) is 0 Å². The summed E-state index contributed by atoms with van der Waals surface area (Å²) in [5.74, 6) is 1.16. The third kappa shape index (κ3) is 2.80. The first-order valence-electron chi connectivity index (χ1n) is 12.4. The van der Waals surface area contributed by atoms with Gasteiger partial charge in [-0.3, -0.25) is 13.2 Å². The molecule has 0 N–H and O–H groups in total. The zero-order valence-electron chi connectivity index (χ0n) is 19.6. The van der Waals surface area contributed by atoms with E-state index in [4.69, 9.17) is 8.37 Å². The van der Waals surface area contributed by atoms with E-state index in [0.717, 1.165) is 22.3 Å². The lowest BCUT2D eigenvalue weighted by atomic mass is 9.72. The third-order valence-electron chi connectivity index (χ3n) is 9.08. The molecule has 3 aromatic rings. The first-order valence-corrected chi connectivity index (χ1v) is 14.9. The second kappa shape index (κ2) is 7.32. The first-order chi connectivity index (χ1) is 17.4. The van der Waals surface area contributed by atoms with Crippen LogP contribution < -0.4 is 0 Å². The number of benzene rings is 3. The zero-order chi connectivity index (χ0) is 24.2. The van der Waals surface area contributed by atoms with Crippen molar-refractivity contribution in [2.75, 3.05) is 0 Å². The molecule has 2 heterocycles. The summed E-state index contributed by atoms with van der Waals surface area (Å²) in [6.45, 7) is 0.732. The summed E-state index contributed by atoms with van der Waals surface area (Å²) in [5, 5.41) is 0. The molecule has 0 amide bonds. The number of carbonyl (C=O) groups excluding carboxylic acids is 1. The van der Waals surface area contributed by atoms with Gasteiger partial charge in [-0.15, -0.1) is 0 Å². The second-order valence-electron chi connectivity index (χ2n) is 10.9. The fraction of sp³-hybridized carbons (Fsp3) is 0.345. The number of hydrogen-bond acceptors (Lipinski definition) is 5. The van der Waals surface area contributed by atoms with Crippen LogP contribution in [0.25, 0.3) is 0 Å². The van der Waals surface area contributed by atoms with Gasteiger partial charge in [0.05, 0.1) is 35.5 Å². The molecule has 0 fully saturated rings. The number of hydrogen-bond donors (Lipinski definition) is 0. The van der Waals surface area contributed by atoms with Gasteiger partial charge in [0.15, 0.2) is 27.9 Å². The largest absolute Gasteiger partial charge is 0.298 e. The van der Waals surface area contributed by atoms with E-state index in [1.807, 2.05) is 0 Å². The summed E-state index contributed by atoms with van der Waals surface area (Å²) >= 11 is -2.56. The summed E-state index contributed by atoms with van der Waals surface area (Å²) in [5.41, 5.74) is 10.4. The van der Waals surface area contributed by atoms with Crippen LogP contribution in [0.15, 0.2) is 48.5 Å². The fourth-order valence-corrected chi connectivity index (χ4v) is 9.25. The topological polar surface area (TPSA) is 69.7 Å². The molecule has 5 aliphatic rings. The first kappa shape index (κ1) is 21.6. The van der Waals surface area contributed by atoms with Crippen LogP contribution >= 0.6 is 0 Å². The number of fused-ring (bicyclic) bond motifs is 7. The van der Waals surface area contributed by atoms with E-state index >= 15 is 0 Å². The van der Waals surface area contributed by atoms with Gasteiger partial charge in [-0.05, 0) is 81.3 Å². The van der Waals surface area contributed by atoms with Gasteiger partial charge < -0.3 is 0 Å². The molecule has 0 bridgehead atoms. The number of ketones is 1. The molecule has 0 radical (unpaired) electrons. The van der Waals surface area contributed by atoms with Gasteiger partial charge in [0, 0.05) is 0 Å². The number of carbonyl (C=O) groups is 1. The van der Waals surface area contributed by atoms with Gasteiger partial charge in [-0.25, -0.2) is 8.42 Å². The minimum atomic E-state index is -1.28. The van der Waals surface area contributed by atoms with E-state index in [2.05, 4.69) is 48.5 Å². The molecule has 4 atom stereocenters. The van der Waals surface area contributed by atoms with E-state index in [9.17, 15) is 13.2 Å². The molecular formula is C29H24O5S2. The Balaban J connectivity index is 1.23. The molecule has 8 rings (SSSR count). The number of Topliss-reactive ketones (excluding diaryl/α,β-unsaturated/α-hetero) is 1. The summed E-state index contributed by atoms with van der Waals surface area (Å²) in [6.07, 6.45) is 2.80. The van der Waals surface area contributed by atoms with E-state index < -0.39 is 33.0 Å². The average molecular weight is 517 g/mol. The lowest BCUT2D eigenvalue weighted by molar-refractivity contribution is -0.128. The monoisotopic (exact) mass is 516 g/mol. The highest BCUT2D eigenvalue weighted by Gasteiger charge is 2.62. The standard InChI is InChI=1S/C29H24O5S2/c30-27-28(9-17-5-21-13-33-35(31)15-23(21)7-19(17)11-28)25-3-1-2-4-26(25)29(27)10-18-6-22-14-34-36(32)16-24(22)8-20(18)12-29/h1-8H,9-16H2. The quantitative estimate of drug-likeness (QED) is 0.456. The second-order valence-corrected chi connectivity index (χ2v) is 13.2. The minimum Gasteiger partial charge on any atom is -0.298 e. The van der Waals surface area contributed by atoms with Gasteiger partial charge in [-0.2, -0.15) is 0 Å². The van der Waals surface area contributed by atoms with Crippen LogP contribution in [0.1, 0.15) is 55.6 Å². The van der Waals surface area contributed by atoms with Crippen molar-refractivity contribution in [1.29, 1.82) is 0 Å². The zero-order valence-corrected chi connectivity index (χ0v) is 21.3. The Morgan fingerprint density at radius 2 is 0.972 bits per heavy atom. The van der Waals surface area contributed by atoms with Crippen LogP contribution in [0.5, 0.6) is 0 Å². The van der Waals surface area contributed by atoms with Crippen molar-refractivity contribution in [1.82, 2.24) is 0 Å². The maximum Gasteiger partial charge on any atom is 0.160 e. The van der Waals surface area contributed by atoms with Crippen LogP contribution in [-0.2, 0) is 96.6 Å². The van der Waals surface area contributed by atoms with Gasteiger partial charge in [0.1, 0.15) is 0 Å². The summed E-state index contributed by atoms with van der Waals surface area (Å²) < 4.78 is 34.8. The lowest BCUT2D eigenvalue weighted by Gasteiger charge is -2.27. The minimum absolute atomic E-state index is 0.333. The van der Waals surface area contributed by atoms with Crippen molar-refractivity contribution in [3.05, 3.63) is 104 Å². The molecule has 182 valence electrons. The van der Waals surface area contributed by atoms with Crippen molar-refractivity contribution in [2.45, 2.75) is 61.2 Å². The Kier molecular flexibility index (Phi) is 4.39. The number of rotatable bonds is 0. The van der Waals surface area contributed by atoms with Crippen molar-refractivity contribution in [3.8, 4) is 0 Å². The highest BCUT2D eigenvalue weighted by molar-refractivity contribution is 7.79. The summed E-state index contributed by atoms with van der Waals surface area (Å²) in [6, 6.07) is 17.2. The molecule has 0 saturated carbocycles. The van der Waals surface area contributed by atoms with Crippen LogP contribution in [0, 0.1) is 0 Å². The highest BCUT2D eigenvalue weighted by atomic mass is 32.2. The molecule has 7 heteroatoms. The van der Waals surface area contributed by atoms with E-state index in [0.29, 0.717) is 56.2 Å². The molecule has 0 saturated heterocycles. The maximum absolute atomic E-state index is 14.7. The molecule has 0 aromatic heterocycles. The molecule has 36 heavy (non-hydrogen) atoms. The van der Waals surface area contributed by atoms with Gasteiger partial charge in [0.2, 0.25) is 0 Å². The maximum atomic E-state index is 14.7. The molecule has 5 nitrogen and oxygen atoms in total. The van der Waals surface area contributed by atoms with Crippen LogP contribution in [0.4, 0.5) is 0 Å². The van der Waals surface area contributed by atoms with Crippen LogP contribution in [-0.4, -0.2) is 14.2 Å². The van der Waals surface area contributed by atoms with E-state index in [-0.39, 0.29) is 0 Å². The predicted molar refractivity (Wildman–Crippen MR) is 136 cm³/mol. The van der Waals surface area contributed by atoms with Crippen molar-refractivity contribution in [2.24, 2.45) is 0 Å². The molecular weight excluding hydrogens is 492 g/mol. The van der Waals surface area contributed by atoms with Crippen LogP contribution in [0.3, 0.4) is 0 Å². The Hall–Kier alpha value is -2.45. The smallest absolute Gasteiger partial charge is 0.160 e. The van der Waals surface area contributed by atoms with Gasteiger partial charge in [-0.1, -0.05) is 48.5 Å². The molecule has 3 aromatic carbocycles. The Morgan fingerprint density at radius 3 is 1.39 bits per heavy atom. The SMILES string of the molecule is O=C1C2(Cc3cc4c(cc3C2)CS(=O)OC4)c2ccccc2C12Cc1cc3c(cc1C2)CS(=O)OC3. The van der Waals surface area contributed by atoms with Crippen LogP contribution in [0.2, 0.25) is 0 Å². The highest BCUT2D eigenvalue weighted by Crippen LogP contribution is 2.58. The average Bonchev–Trinajstić information content (AvgIpc) is 3.49. The van der Waals surface area contributed by atoms with Crippen molar-refractivity contribution < 1.29 is 21.6 Å². The normalized spacial score (nSPS) is 31.3. The summed E-state index contributed by atoms with van der Waals surface area (Å²) in [7, 11) is 0. The molecule has 2 aliphatic heterocycles. The van der Waals surface area contributed by atoms with Gasteiger partial charge in [0.25, 0.3) is 0 Å². The Labute approximate surface area is 214 Å². The predicted octanol–water partition coefficient (Wildman–Crippen LogP) is 3.73. The van der Waals surface area contributed by atoms with Crippen molar-refractivity contribution in [3.63, 3.8) is 0 Å². The summed E-state index contributed by atoms with van der Waals surface area (Å²) in [4.78, 5) is 14.7. The van der Waals surface area contributed by atoms with E-state index in [1.165, 1.54) is 33.4 Å². The van der Waals surface area contributed by atoms with Crippen molar-refractivity contribution >= 4 is 27.9 Å². The molecule has 2 spiro atoms. The fourth-order valence-electron chi connectivity index (χ4n) is 7.52. The lowest BCUT2D eigenvalue weighted by Crippen LogP contribution is -2.43. The third-order valence-corrected chi connectivity index (χ3v) is 10.9. The Bertz CT molecular complexity index is 1460. The molecule has 3 aliphatic carbocycles. The van der Waals surface area contributed by atoms with Gasteiger partial charge >= 0.3 is 0 Å². The molecule has 4 unspecified atom stereocenters. The Morgan fingerprint density at radius 1 is 0.583 bits per heavy atom.